The predicted octanol–water partition coefficient (Wildman–Crippen LogP) is 3.12. The molecule has 0 radical (unpaired) electrons. The van der Waals surface area contributed by atoms with Crippen molar-refractivity contribution in [2.45, 2.75) is 68.5 Å². The van der Waals surface area contributed by atoms with E-state index in [-0.39, 0.29) is 23.9 Å². The summed E-state index contributed by atoms with van der Waals surface area (Å²) in [5.41, 5.74) is 10.2. The van der Waals surface area contributed by atoms with Gasteiger partial charge in [0.1, 0.15) is 5.82 Å². The Bertz CT molecular complexity index is 1080. The molecule has 0 spiro atoms. The van der Waals surface area contributed by atoms with Crippen LogP contribution in [0.5, 0.6) is 0 Å². The molecule has 1 aromatic heterocycles. The zero-order chi connectivity index (χ0) is 24.0. The van der Waals surface area contributed by atoms with Gasteiger partial charge in [0.15, 0.2) is 0 Å². The van der Waals surface area contributed by atoms with E-state index in [1.54, 1.807) is 6.20 Å². The number of aliphatic hydroxyl groups excluding tert-OH is 1. The molecule has 2 saturated carbocycles. The summed E-state index contributed by atoms with van der Waals surface area (Å²) in [6, 6.07) is 11.5. The fraction of sp³-hybridized carbons (Fsp3) is 0.571. The van der Waals surface area contributed by atoms with Crippen LogP contribution in [0.2, 0.25) is 0 Å². The van der Waals surface area contributed by atoms with Crippen LogP contribution >= 0.6 is 0 Å². The lowest BCUT2D eigenvalue weighted by atomic mass is 9.92. The van der Waals surface area contributed by atoms with E-state index in [9.17, 15) is 9.90 Å². The van der Waals surface area contributed by atoms with Crippen molar-refractivity contribution in [3.05, 3.63) is 47.7 Å². The fourth-order valence-electron chi connectivity index (χ4n) is 6.59. The molecule has 0 bridgehead atoms. The van der Waals surface area contributed by atoms with Crippen molar-refractivity contribution in [1.29, 1.82) is 0 Å². The minimum atomic E-state index is -0.249. The first kappa shape index (κ1) is 23.0. The maximum Gasteiger partial charge on any atom is 0.255 e. The monoisotopic (exact) mass is 476 g/mol. The van der Waals surface area contributed by atoms with Crippen LogP contribution in [0.15, 0.2) is 36.5 Å². The summed E-state index contributed by atoms with van der Waals surface area (Å²) in [7, 11) is 0. The summed E-state index contributed by atoms with van der Waals surface area (Å²) < 4.78 is 5.56. The molecular formula is C28H36N4O3. The highest BCUT2D eigenvalue weighted by Crippen LogP contribution is 2.59. The molecule has 7 nitrogen and oxygen atoms in total. The van der Waals surface area contributed by atoms with Crippen LogP contribution in [0, 0.1) is 5.92 Å². The normalized spacial score (nSPS) is 31.2. The first-order chi connectivity index (χ1) is 17.0. The molecule has 4 aliphatic rings. The number of nitrogens with one attached hydrogen (secondary N) is 1. The van der Waals surface area contributed by atoms with Gasteiger partial charge in [0, 0.05) is 55.6 Å². The Hall–Kier alpha value is -2.48. The van der Waals surface area contributed by atoms with Crippen LogP contribution in [0.25, 0.3) is 11.1 Å². The van der Waals surface area contributed by atoms with Gasteiger partial charge in [-0.3, -0.25) is 9.69 Å². The van der Waals surface area contributed by atoms with Gasteiger partial charge in [-0.15, -0.1) is 0 Å². The Labute approximate surface area is 207 Å². The number of likely N-dealkylation sites (tertiary alicyclic amines) is 1. The standard InChI is InChI=1S/C28H36N4O3/c29-26-25(27(34)31-22-5-7-24(33)8-6-22)13-19(15-30-26)18-1-3-20(4-2-18)28-14-21(28)16-32(17-28)23-9-11-35-12-10-23/h1-4,13,15,21-24,33H,5-12,14,16-17H2,(H2,29,30)(H,31,34)/t21-,22?,24?,28+/m1/s1. The van der Waals surface area contributed by atoms with Crippen LogP contribution in [0.3, 0.4) is 0 Å². The van der Waals surface area contributed by atoms with Gasteiger partial charge in [-0.2, -0.15) is 0 Å². The summed E-state index contributed by atoms with van der Waals surface area (Å²) in [6.07, 6.45) is 8.12. The van der Waals surface area contributed by atoms with E-state index in [1.807, 2.05) is 6.07 Å². The lowest BCUT2D eigenvalue weighted by Crippen LogP contribution is -2.40. The zero-order valence-corrected chi connectivity index (χ0v) is 20.3. The highest BCUT2D eigenvalue weighted by molar-refractivity contribution is 5.99. The molecule has 2 aliphatic carbocycles. The number of carbonyl (C=O) groups is 1. The molecule has 2 atom stereocenters. The highest BCUT2D eigenvalue weighted by Gasteiger charge is 2.61. The van der Waals surface area contributed by atoms with E-state index < -0.39 is 0 Å². The van der Waals surface area contributed by atoms with Crippen molar-refractivity contribution in [1.82, 2.24) is 15.2 Å². The first-order valence-electron chi connectivity index (χ1n) is 13.2. The molecule has 2 aromatic rings. The van der Waals surface area contributed by atoms with Crippen molar-refractivity contribution in [3.63, 3.8) is 0 Å². The van der Waals surface area contributed by atoms with E-state index in [1.165, 1.54) is 18.5 Å². The third kappa shape index (κ3) is 4.46. The lowest BCUT2D eigenvalue weighted by molar-refractivity contribution is 0.0378. The number of pyridine rings is 1. The molecule has 186 valence electrons. The molecule has 1 amide bonds. The van der Waals surface area contributed by atoms with Crippen LogP contribution in [-0.2, 0) is 10.2 Å². The Morgan fingerprint density at radius 2 is 1.83 bits per heavy atom. The predicted molar refractivity (Wildman–Crippen MR) is 135 cm³/mol. The van der Waals surface area contributed by atoms with Gasteiger partial charge in [0.05, 0.1) is 11.7 Å². The second kappa shape index (κ2) is 9.19. The minimum Gasteiger partial charge on any atom is -0.393 e. The van der Waals surface area contributed by atoms with Gasteiger partial charge in [0.2, 0.25) is 0 Å². The van der Waals surface area contributed by atoms with Crippen LogP contribution in [-0.4, -0.2) is 65.4 Å². The Morgan fingerprint density at radius 1 is 1.09 bits per heavy atom. The van der Waals surface area contributed by atoms with Crippen LogP contribution in [0.1, 0.15) is 60.9 Å². The lowest BCUT2D eigenvalue weighted by Gasteiger charge is -2.33. The van der Waals surface area contributed by atoms with Crippen molar-refractivity contribution < 1.29 is 14.6 Å². The number of hydrogen-bond acceptors (Lipinski definition) is 6. The number of fused-ring (bicyclic) bond motifs is 1. The van der Waals surface area contributed by atoms with Crippen molar-refractivity contribution in [3.8, 4) is 11.1 Å². The molecule has 4 fully saturated rings. The highest BCUT2D eigenvalue weighted by atomic mass is 16.5. The van der Waals surface area contributed by atoms with Gasteiger partial charge in [-0.05, 0) is 68.1 Å². The van der Waals surface area contributed by atoms with Gasteiger partial charge in [-0.1, -0.05) is 24.3 Å². The third-order valence-corrected chi connectivity index (χ3v) is 8.87. The number of benzene rings is 1. The summed E-state index contributed by atoms with van der Waals surface area (Å²) in [4.78, 5) is 20.0. The smallest absolute Gasteiger partial charge is 0.255 e. The Morgan fingerprint density at radius 3 is 2.57 bits per heavy atom. The number of nitrogens with two attached hydrogens (primary N) is 1. The maximum absolute atomic E-state index is 12.9. The summed E-state index contributed by atoms with van der Waals surface area (Å²) in [5.74, 6) is 0.830. The molecule has 2 saturated heterocycles. The third-order valence-electron chi connectivity index (χ3n) is 8.87. The zero-order valence-electron chi connectivity index (χ0n) is 20.3. The van der Waals surface area contributed by atoms with E-state index >= 15 is 0 Å². The number of anilines is 1. The molecule has 1 aromatic carbocycles. The number of hydrogen-bond donors (Lipinski definition) is 3. The number of ether oxygens (including phenoxy) is 1. The average Bonchev–Trinajstić information content (AvgIpc) is 3.46. The molecule has 6 rings (SSSR count). The number of aromatic nitrogens is 1. The summed E-state index contributed by atoms with van der Waals surface area (Å²) in [6.45, 7) is 4.17. The Balaban J connectivity index is 1.15. The molecule has 35 heavy (non-hydrogen) atoms. The summed E-state index contributed by atoms with van der Waals surface area (Å²) >= 11 is 0. The number of amides is 1. The fourth-order valence-corrected chi connectivity index (χ4v) is 6.59. The second-order valence-corrected chi connectivity index (χ2v) is 11.0. The molecule has 3 heterocycles. The first-order valence-corrected chi connectivity index (χ1v) is 13.2. The SMILES string of the molecule is Nc1ncc(-c2ccc([C@@]34C[C@@H]3CN(C3CCOCC3)C4)cc2)cc1C(=O)NC1CCC(O)CC1. The minimum absolute atomic E-state index is 0.0751. The molecular weight excluding hydrogens is 440 g/mol. The molecule has 2 aliphatic heterocycles. The maximum atomic E-state index is 12.9. The Kier molecular flexibility index (Phi) is 6.03. The summed E-state index contributed by atoms with van der Waals surface area (Å²) in [5, 5.41) is 12.8. The van der Waals surface area contributed by atoms with Crippen LogP contribution in [0.4, 0.5) is 5.82 Å². The van der Waals surface area contributed by atoms with Crippen molar-refractivity contribution >= 4 is 11.7 Å². The van der Waals surface area contributed by atoms with Gasteiger partial charge in [0.25, 0.3) is 5.91 Å². The second-order valence-electron chi connectivity index (χ2n) is 11.0. The van der Waals surface area contributed by atoms with E-state index in [4.69, 9.17) is 10.5 Å². The van der Waals surface area contributed by atoms with Crippen LogP contribution < -0.4 is 11.1 Å². The van der Waals surface area contributed by atoms with Gasteiger partial charge in [-0.25, -0.2) is 4.98 Å². The topological polar surface area (TPSA) is 101 Å². The van der Waals surface area contributed by atoms with Crippen molar-refractivity contribution in [2.75, 3.05) is 32.0 Å². The molecule has 4 N–H and O–H groups in total. The number of nitrogens with zero attached hydrogens (tertiary/aromatic N) is 2. The number of aliphatic hydroxyl groups is 1. The number of nitrogen functional groups attached to an aromatic ring is 1. The average molecular weight is 477 g/mol. The number of carbonyl (C=O) groups excluding carboxylic acids is 1. The number of rotatable bonds is 5. The molecule has 7 heteroatoms. The van der Waals surface area contributed by atoms with E-state index in [0.717, 1.165) is 75.3 Å². The quantitative estimate of drug-likeness (QED) is 0.613. The van der Waals surface area contributed by atoms with Gasteiger partial charge < -0.3 is 20.9 Å². The number of piperidine rings is 1. The largest absolute Gasteiger partial charge is 0.393 e. The van der Waals surface area contributed by atoms with E-state index in [2.05, 4.69) is 39.5 Å². The van der Waals surface area contributed by atoms with E-state index in [0.29, 0.717) is 17.0 Å². The molecule has 0 unspecified atom stereocenters. The van der Waals surface area contributed by atoms with Crippen molar-refractivity contribution in [2.24, 2.45) is 5.92 Å². The van der Waals surface area contributed by atoms with Gasteiger partial charge >= 0.3 is 0 Å².